The summed E-state index contributed by atoms with van der Waals surface area (Å²) in [5.74, 6) is -1.80. The van der Waals surface area contributed by atoms with E-state index in [9.17, 15) is 14.4 Å². The number of nitrogens with one attached hydrogen (secondary N) is 1. The van der Waals surface area contributed by atoms with Crippen LogP contribution >= 0.6 is 34.5 Å². The first-order valence-corrected chi connectivity index (χ1v) is 14.1. The zero-order valence-electron chi connectivity index (χ0n) is 20.3. The summed E-state index contributed by atoms with van der Waals surface area (Å²) < 4.78 is 0. The van der Waals surface area contributed by atoms with E-state index in [0.29, 0.717) is 31.7 Å². The van der Waals surface area contributed by atoms with Gasteiger partial charge in [0.2, 0.25) is 5.91 Å². The van der Waals surface area contributed by atoms with Gasteiger partial charge in [0.25, 0.3) is 0 Å². The second kappa shape index (κ2) is 8.91. The number of carbonyl (C=O) groups excluding carboxylic acids is 3. The number of anilines is 2. The van der Waals surface area contributed by atoms with Gasteiger partial charge in [-0.25, -0.2) is 0 Å². The Balaban J connectivity index is 1.54. The standard InChI is InChI=1S/C31H20Cl2N2O3S/c32-19-10-7-17(8-11-19)28(36)26-27(29(37)24-6-3-15-39-24)35-23-13-12-20(33)16-18(23)9-14-25(35)31(26)21-4-1-2-5-22(21)34-30(31)38/h1-16,25-27H,(H,34,38)/t25-,26+,27-,31+/m0/s1. The molecule has 1 amide bonds. The number of Topliss-reactive ketones (excluding diaryl/α,β-unsaturated/α-hetero) is 2. The molecule has 3 aromatic carbocycles. The van der Waals surface area contributed by atoms with E-state index >= 15 is 0 Å². The molecule has 0 saturated carbocycles. The van der Waals surface area contributed by atoms with Crippen molar-refractivity contribution in [2.24, 2.45) is 5.92 Å². The number of carbonyl (C=O) groups is 3. The summed E-state index contributed by atoms with van der Waals surface area (Å²) in [4.78, 5) is 45.8. The van der Waals surface area contributed by atoms with E-state index in [1.54, 1.807) is 36.4 Å². The fraction of sp³-hybridized carbons (Fsp3) is 0.129. The van der Waals surface area contributed by atoms with Crippen LogP contribution in [0, 0.1) is 5.92 Å². The van der Waals surface area contributed by atoms with E-state index in [4.69, 9.17) is 23.2 Å². The van der Waals surface area contributed by atoms with Crippen molar-refractivity contribution in [1.29, 1.82) is 0 Å². The number of hydrogen-bond donors (Lipinski definition) is 1. The summed E-state index contributed by atoms with van der Waals surface area (Å²) in [6.45, 7) is 0. The molecule has 3 aliphatic rings. The fourth-order valence-corrected chi connectivity index (χ4v) is 7.51. The average Bonchev–Trinajstić information content (AvgIpc) is 3.65. The number of hydrogen-bond acceptors (Lipinski definition) is 5. The predicted molar refractivity (Wildman–Crippen MR) is 155 cm³/mol. The SMILES string of the molecule is O=C(c1cccs1)[C@@H]1[C@H](C(=O)c2ccc(Cl)cc2)[C@]2(C(=O)Nc3ccccc32)[C@@H]2C=Cc3cc(Cl)ccc3N12. The Morgan fingerprint density at radius 3 is 2.44 bits per heavy atom. The van der Waals surface area contributed by atoms with Gasteiger partial charge in [0, 0.05) is 27.0 Å². The molecule has 4 heterocycles. The maximum absolute atomic E-state index is 14.6. The van der Waals surface area contributed by atoms with Gasteiger partial charge in [0.1, 0.15) is 11.5 Å². The van der Waals surface area contributed by atoms with Gasteiger partial charge in [-0.2, -0.15) is 0 Å². The second-order valence-corrected chi connectivity index (χ2v) is 11.7. The zero-order valence-corrected chi connectivity index (χ0v) is 22.6. The normalized spacial score (nSPS) is 24.3. The molecule has 8 heteroatoms. The molecule has 0 bridgehead atoms. The highest BCUT2D eigenvalue weighted by molar-refractivity contribution is 7.12. The number of para-hydroxylation sites is 1. The Hall–Kier alpha value is -3.71. The highest BCUT2D eigenvalue weighted by Crippen LogP contribution is 2.58. The van der Waals surface area contributed by atoms with Gasteiger partial charge in [-0.3, -0.25) is 14.4 Å². The quantitative estimate of drug-likeness (QED) is 0.271. The monoisotopic (exact) mass is 570 g/mol. The highest BCUT2D eigenvalue weighted by atomic mass is 35.5. The molecule has 39 heavy (non-hydrogen) atoms. The molecule has 3 aliphatic heterocycles. The largest absolute Gasteiger partial charge is 0.352 e. The van der Waals surface area contributed by atoms with Crippen LogP contribution in [-0.4, -0.2) is 29.6 Å². The van der Waals surface area contributed by atoms with Gasteiger partial charge in [-0.15, -0.1) is 11.3 Å². The smallest absolute Gasteiger partial charge is 0.238 e. The molecule has 192 valence electrons. The molecule has 7 rings (SSSR count). The number of fused-ring (bicyclic) bond motifs is 6. The van der Waals surface area contributed by atoms with Crippen LogP contribution in [0.2, 0.25) is 10.0 Å². The zero-order chi connectivity index (χ0) is 26.9. The third kappa shape index (κ3) is 3.42. The summed E-state index contributed by atoms with van der Waals surface area (Å²) in [6.07, 6.45) is 3.87. The molecule has 0 unspecified atom stereocenters. The van der Waals surface area contributed by atoms with Crippen LogP contribution < -0.4 is 10.2 Å². The lowest BCUT2D eigenvalue weighted by molar-refractivity contribution is -0.121. The summed E-state index contributed by atoms with van der Waals surface area (Å²) in [7, 11) is 0. The number of halogens is 2. The van der Waals surface area contributed by atoms with Crippen molar-refractivity contribution in [3.63, 3.8) is 0 Å². The average molecular weight is 571 g/mol. The van der Waals surface area contributed by atoms with Crippen LogP contribution in [0.25, 0.3) is 6.08 Å². The summed E-state index contributed by atoms with van der Waals surface area (Å²) in [5, 5.41) is 5.93. The van der Waals surface area contributed by atoms with Gasteiger partial charge in [-0.1, -0.05) is 59.6 Å². The lowest BCUT2D eigenvalue weighted by Gasteiger charge is -2.37. The molecule has 1 spiro atoms. The minimum atomic E-state index is -1.35. The molecule has 0 radical (unpaired) electrons. The molecule has 1 fully saturated rings. The van der Waals surface area contributed by atoms with Crippen molar-refractivity contribution in [2.75, 3.05) is 10.2 Å². The van der Waals surface area contributed by atoms with Crippen molar-refractivity contribution >= 4 is 69.5 Å². The number of nitrogens with zero attached hydrogens (tertiary/aromatic N) is 1. The third-order valence-corrected chi connectivity index (χ3v) is 9.41. The first kappa shape index (κ1) is 24.3. The van der Waals surface area contributed by atoms with Crippen molar-refractivity contribution in [3.05, 3.63) is 122 Å². The van der Waals surface area contributed by atoms with Crippen LogP contribution in [0.1, 0.15) is 31.2 Å². The number of thiophene rings is 1. The summed E-state index contributed by atoms with van der Waals surface area (Å²) in [6, 6.07) is 21.6. The van der Waals surface area contributed by atoms with Crippen molar-refractivity contribution < 1.29 is 14.4 Å². The van der Waals surface area contributed by atoms with Crippen LogP contribution in [0.3, 0.4) is 0 Å². The maximum Gasteiger partial charge on any atom is 0.238 e. The van der Waals surface area contributed by atoms with E-state index < -0.39 is 23.4 Å². The Morgan fingerprint density at radius 1 is 0.897 bits per heavy atom. The molecule has 4 aromatic rings. The Labute approximate surface area is 238 Å². The summed E-state index contributed by atoms with van der Waals surface area (Å²) in [5.41, 5.74) is 1.98. The minimum absolute atomic E-state index is 0.201. The number of amides is 1. The first-order valence-electron chi connectivity index (χ1n) is 12.5. The number of ketones is 2. The molecular weight excluding hydrogens is 551 g/mol. The topological polar surface area (TPSA) is 66.5 Å². The molecular formula is C31H20Cl2N2O3S. The van der Waals surface area contributed by atoms with Crippen LogP contribution in [0.15, 0.2) is 90.3 Å². The molecule has 1 N–H and O–H groups in total. The number of benzene rings is 3. The molecule has 0 aliphatic carbocycles. The molecule has 1 saturated heterocycles. The Kier molecular flexibility index (Phi) is 5.56. The van der Waals surface area contributed by atoms with Gasteiger partial charge in [-0.05, 0) is 71.1 Å². The number of rotatable bonds is 4. The van der Waals surface area contributed by atoms with Gasteiger partial charge >= 0.3 is 0 Å². The first-order chi connectivity index (χ1) is 18.9. The Morgan fingerprint density at radius 2 is 1.67 bits per heavy atom. The molecule has 5 nitrogen and oxygen atoms in total. The van der Waals surface area contributed by atoms with Gasteiger partial charge < -0.3 is 10.2 Å². The van der Waals surface area contributed by atoms with Crippen LogP contribution in [-0.2, 0) is 10.2 Å². The maximum atomic E-state index is 14.6. The molecule has 1 aromatic heterocycles. The van der Waals surface area contributed by atoms with Crippen LogP contribution in [0.4, 0.5) is 11.4 Å². The van der Waals surface area contributed by atoms with E-state index in [1.165, 1.54) is 11.3 Å². The lowest BCUT2D eigenvalue weighted by atomic mass is 9.64. The fourth-order valence-electron chi connectivity index (χ4n) is 6.51. The minimum Gasteiger partial charge on any atom is -0.352 e. The lowest BCUT2D eigenvalue weighted by Crippen LogP contribution is -2.51. The van der Waals surface area contributed by atoms with E-state index in [1.807, 2.05) is 64.9 Å². The predicted octanol–water partition coefficient (Wildman–Crippen LogP) is 6.91. The van der Waals surface area contributed by atoms with Crippen molar-refractivity contribution in [3.8, 4) is 0 Å². The van der Waals surface area contributed by atoms with Crippen molar-refractivity contribution in [2.45, 2.75) is 17.5 Å². The van der Waals surface area contributed by atoms with Crippen LogP contribution in [0.5, 0.6) is 0 Å². The second-order valence-electron chi connectivity index (χ2n) is 9.92. The van der Waals surface area contributed by atoms with E-state index in [-0.39, 0.29) is 17.5 Å². The van der Waals surface area contributed by atoms with E-state index in [2.05, 4.69) is 5.32 Å². The highest BCUT2D eigenvalue weighted by Gasteiger charge is 2.70. The third-order valence-electron chi connectivity index (χ3n) is 8.04. The Bertz CT molecular complexity index is 1700. The van der Waals surface area contributed by atoms with Gasteiger partial charge in [0.05, 0.1) is 16.8 Å². The van der Waals surface area contributed by atoms with Gasteiger partial charge in [0.15, 0.2) is 11.6 Å². The van der Waals surface area contributed by atoms with E-state index in [0.717, 1.165) is 11.3 Å². The van der Waals surface area contributed by atoms with Crippen molar-refractivity contribution in [1.82, 2.24) is 0 Å². The summed E-state index contributed by atoms with van der Waals surface area (Å²) >= 11 is 13.8. The molecule has 4 atom stereocenters.